The Kier molecular flexibility index (Phi) is 9.81. The number of ether oxygens (including phenoxy) is 2. The molecule has 2 fully saturated rings. The van der Waals surface area contributed by atoms with Crippen molar-refractivity contribution in [3.8, 4) is 0 Å². The molecular formula is C27H50N2O6. The SMILES string of the molecule is CC1(C)CCC(OC(=O)CCCCCC(=O)OC2CCC(C)(C)N(O)C(C)(C)C2)CC(C)(C)N1O. The maximum absolute atomic E-state index is 12.4. The van der Waals surface area contributed by atoms with Crippen LogP contribution in [-0.2, 0) is 19.1 Å². The highest BCUT2D eigenvalue weighted by Gasteiger charge is 2.44. The Balaban J connectivity index is 1.68. The van der Waals surface area contributed by atoms with Gasteiger partial charge in [-0.3, -0.25) is 9.59 Å². The lowest BCUT2D eigenvalue weighted by Crippen LogP contribution is -2.52. The summed E-state index contributed by atoms with van der Waals surface area (Å²) in [6, 6.07) is 0. The van der Waals surface area contributed by atoms with Crippen molar-refractivity contribution in [3.05, 3.63) is 0 Å². The van der Waals surface area contributed by atoms with Crippen LogP contribution in [0, 0.1) is 0 Å². The number of carbonyl (C=O) groups excluding carboxylic acids is 2. The van der Waals surface area contributed by atoms with Crippen molar-refractivity contribution in [2.45, 2.75) is 160 Å². The Hall–Kier alpha value is -1.22. The largest absolute Gasteiger partial charge is 0.462 e. The van der Waals surface area contributed by atoms with E-state index in [2.05, 4.69) is 0 Å². The molecule has 8 heteroatoms. The molecule has 2 atom stereocenters. The molecule has 0 aliphatic carbocycles. The van der Waals surface area contributed by atoms with Crippen molar-refractivity contribution in [1.82, 2.24) is 10.1 Å². The van der Waals surface area contributed by atoms with Gasteiger partial charge in [0.2, 0.25) is 0 Å². The zero-order chi connectivity index (χ0) is 26.7. The summed E-state index contributed by atoms with van der Waals surface area (Å²) in [5.74, 6) is -0.427. The molecule has 204 valence electrons. The topological polar surface area (TPSA) is 99.5 Å². The summed E-state index contributed by atoms with van der Waals surface area (Å²) in [5.41, 5.74) is -1.66. The molecule has 2 aliphatic rings. The number of rotatable bonds is 8. The third kappa shape index (κ3) is 8.41. The van der Waals surface area contributed by atoms with Crippen LogP contribution >= 0.6 is 0 Å². The Bertz CT molecular complexity index is 673. The van der Waals surface area contributed by atoms with Gasteiger partial charge in [-0.05, 0) is 93.9 Å². The molecule has 35 heavy (non-hydrogen) atoms. The molecule has 2 aliphatic heterocycles. The highest BCUT2D eigenvalue weighted by Crippen LogP contribution is 2.37. The van der Waals surface area contributed by atoms with Gasteiger partial charge in [0, 0.05) is 47.8 Å². The van der Waals surface area contributed by atoms with Crippen molar-refractivity contribution >= 4 is 11.9 Å². The minimum atomic E-state index is -0.469. The third-order valence-corrected chi connectivity index (χ3v) is 7.76. The minimum Gasteiger partial charge on any atom is -0.462 e. The first-order valence-corrected chi connectivity index (χ1v) is 13.3. The van der Waals surface area contributed by atoms with Crippen molar-refractivity contribution in [3.63, 3.8) is 0 Å². The van der Waals surface area contributed by atoms with E-state index in [9.17, 15) is 20.0 Å². The number of hydroxylamine groups is 4. The van der Waals surface area contributed by atoms with Crippen LogP contribution in [0.2, 0.25) is 0 Å². The average Bonchev–Trinajstić information content (AvgIpc) is 2.85. The van der Waals surface area contributed by atoms with Crippen molar-refractivity contribution in [1.29, 1.82) is 0 Å². The molecule has 0 bridgehead atoms. The lowest BCUT2D eigenvalue weighted by molar-refractivity contribution is -0.223. The molecule has 0 aromatic heterocycles. The van der Waals surface area contributed by atoms with Gasteiger partial charge in [-0.1, -0.05) is 6.42 Å². The van der Waals surface area contributed by atoms with E-state index in [4.69, 9.17) is 9.47 Å². The summed E-state index contributed by atoms with van der Waals surface area (Å²) < 4.78 is 11.5. The van der Waals surface area contributed by atoms with E-state index in [0.717, 1.165) is 32.1 Å². The van der Waals surface area contributed by atoms with Gasteiger partial charge in [-0.2, -0.15) is 10.1 Å². The third-order valence-electron chi connectivity index (χ3n) is 7.76. The number of carbonyl (C=O) groups is 2. The monoisotopic (exact) mass is 498 g/mol. The van der Waals surface area contributed by atoms with E-state index >= 15 is 0 Å². The summed E-state index contributed by atoms with van der Waals surface area (Å²) in [6.45, 7) is 15.9. The van der Waals surface area contributed by atoms with Crippen LogP contribution in [0.25, 0.3) is 0 Å². The zero-order valence-electron chi connectivity index (χ0n) is 23.4. The van der Waals surface area contributed by atoms with E-state index < -0.39 is 11.1 Å². The first kappa shape index (κ1) is 30.0. The van der Waals surface area contributed by atoms with E-state index in [1.54, 1.807) is 0 Å². The van der Waals surface area contributed by atoms with Crippen LogP contribution in [0.1, 0.15) is 126 Å². The van der Waals surface area contributed by atoms with Gasteiger partial charge in [0.1, 0.15) is 12.2 Å². The highest BCUT2D eigenvalue weighted by atomic mass is 16.6. The fourth-order valence-corrected chi connectivity index (χ4v) is 5.78. The molecule has 0 aromatic carbocycles. The lowest BCUT2D eigenvalue weighted by atomic mass is 9.95. The highest BCUT2D eigenvalue weighted by molar-refractivity contribution is 5.70. The summed E-state index contributed by atoms with van der Waals surface area (Å²) in [7, 11) is 0. The molecule has 0 saturated carbocycles. The number of hydrogen-bond donors (Lipinski definition) is 2. The molecule has 0 aromatic rings. The normalized spacial score (nSPS) is 28.5. The zero-order valence-corrected chi connectivity index (χ0v) is 23.4. The Morgan fingerprint density at radius 2 is 1.00 bits per heavy atom. The summed E-state index contributed by atoms with van der Waals surface area (Å²) in [6.07, 6.45) is 6.49. The predicted molar refractivity (Wildman–Crippen MR) is 134 cm³/mol. The summed E-state index contributed by atoms with van der Waals surface area (Å²) in [4.78, 5) is 24.8. The Morgan fingerprint density at radius 3 is 1.34 bits per heavy atom. The van der Waals surface area contributed by atoms with Crippen LogP contribution in [0.5, 0.6) is 0 Å². The van der Waals surface area contributed by atoms with E-state index in [1.165, 1.54) is 10.1 Å². The number of hydrogen-bond acceptors (Lipinski definition) is 8. The van der Waals surface area contributed by atoms with E-state index in [1.807, 2.05) is 55.4 Å². The van der Waals surface area contributed by atoms with Gasteiger partial charge >= 0.3 is 11.9 Å². The lowest BCUT2D eigenvalue weighted by Gasteiger charge is -2.42. The first-order chi connectivity index (χ1) is 16.0. The smallest absolute Gasteiger partial charge is 0.306 e. The average molecular weight is 499 g/mol. The summed E-state index contributed by atoms with van der Waals surface area (Å²) in [5, 5.41) is 23.9. The maximum Gasteiger partial charge on any atom is 0.306 e. The van der Waals surface area contributed by atoms with E-state index in [0.29, 0.717) is 38.5 Å². The molecule has 0 amide bonds. The Morgan fingerprint density at radius 1 is 0.657 bits per heavy atom. The van der Waals surface area contributed by atoms with Gasteiger partial charge in [0.05, 0.1) is 0 Å². The van der Waals surface area contributed by atoms with Crippen LogP contribution in [0.15, 0.2) is 0 Å². The molecule has 2 rings (SSSR count). The standard InChI is InChI=1S/C27H50N2O6/c1-24(2)16-14-20(18-26(5,6)28(24)32)34-22(30)12-10-9-11-13-23(31)35-21-15-17-25(3,4)29(33)27(7,8)19-21/h20-21,32-33H,9-19H2,1-8H3. The maximum atomic E-state index is 12.4. The van der Waals surface area contributed by atoms with Gasteiger partial charge in [0.25, 0.3) is 0 Å². The van der Waals surface area contributed by atoms with Gasteiger partial charge in [0.15, 0.2) is 0 Å². The van der Waals surface area contributed by atoms with Gasteiger partial charge < -0.3 is 19.9 Å². The molecule has 2 unspecified atom stereocenters. The molecule has 2 heterocycles. The number of unbranched alkanes of at least 4 members (excludes halogenated alkanes) is 2. The second kappa shape index (κ2) is 11.4. The predicted octanol–water partition coefficient (Wildman–Crippen LogP) is 5.63. The van der Waals surface area contributed by atoms with Crippen molar-refractivity contribution < 1.29 is 29.5 Å². The minimum absolute atomic E-state index is 0.201. The van der Waals surface area contributed by atoms with Crippen LogP contribution < -0.4 is 0 Å². The second-order valence-electron chi connectivity index (χ2n) is 13.1. The molecule has 2 N–H and O–H groups in total. The second-order valence-corrected chi connectivity index (χ2v) is 13.1. The first-order valence-electron chi connectivity index (χ1n) is 13.3. The van der Waals surface area contributed by atoms with Crippen LogP contribution in [0.3, 0.4) is 0 Å². The van der Waals surface area contributed by atoms with Crippen LogP contribution in [0.4, 0.5) is 0 Å². The molecule has 0 radical (unpaired) electrons. The number of nitrogens with zero attached hydrogens (tertiary/aromatic N) is 2. The molecule has 2 saturated heterocycles. The fraction of sp³-hybridized carbons (Fsp3) is 0.926. The number of esters is 2. The Labute approximate surface area is 212 Å². The van der Waals surface area contributed by atoms with Crippen molar-refractivity contribution in [2.24, 2.45) is 0 Å². The molecule has 0 spiro atoms. The van der Waals surface area contributed by atoms with E-state index in [-0.39, 0.29) is 35.2 Å². The van der Waals surface area contributed by atoms with Crippen LogP contribution in [-0.4, -0.2) is 66.8 Å². The molecular weight excluding hydrogens is 448 g/mol. The van der Waals surface area contributed by atoms with Gasteiger partial charge in [-0.25, -0.2) is 0 Å². The van der Waals surface area contributed by atoms with Gasteiger partial charge in [-0.15, -0.1) is 0 Å². The quantitative estimate of drug-likeness (QED) is 0.328. The fourth-order valence-electron chi connectivity index (χ4n) is 5.78. The van der Waals surface area contributed by atoms with Crippen molar-refractivity contribution in [2.75, 3.05) is 0 Å². The summed E-state index contributed by atoms with van der Waals surface area (Å²) >= 11 is 0. The molecule has 8 nitrogen and oxygen atoms in total.